The largest absolute Gasteiger partial charge is 0.384 e. The fourth-order valence-corrected chi connectivity index (χ4v) is 2.38. The van der Waals surface area contributed by atoms with Crippen LogP contribution in [0.4, 0.5) is 17.1 Å². The summed E-state index contributed by atoms with van der Waals surface area (Å²) in [5.74, 6) is -0.194. The van der Waals surface area contributed by atoms with E-state index in [9.17, 15) is 9.59 Å². The molecular weight excluding hydrogens is 358 g/mol. The van der Waals surface area contributed by atoms with E-state index in [1.807, 2.05) is 24.3 Å². The highest BCUT2D eigenvalue weighted by Crippen LogP contribution is 2.16. The molecule has 0 spiro atoms. The number of hydrogen-bond donors (Lipinski definition) is 3. The van der Waals surface area contributed by atoms with E-state index in [2.05, 4.69) is 31.9 Å². The Balaban J connectivity index is 1.77. The fourth-order valence-electron chi connectivity index (χ4n) is 1.98. The van der Waals surface area contributed by atoms with E-state index in [1.54, 1.807) is 24.3 Å². The lowest BCUT2D eigenvalue weighted by Crippen LogP contribution is -2.16. The van der Waals surface area contributed by atoms with Crippen LogP contribution in [0.2, 0.25) is 0 Å². The van der Waals surface area contributed by atoms with Gasteiger partial charge in [-0.2, -0.15) is 0 Å². The molecule has 0 atom stereocenters. The molecule has 0 aliphatic heterocycles. The lowest BCUT2D eigenvalue weighted by molar-refractivity contribution is -0.116. The molecule has 2 aromatic rings. The van der Waals surface area contributed by atoms with Crippen molar-refractivity contribution in [3.8, 4) is 0 Å². The summed E-state index contributed by atoms with van der Waals surface area (Å²) in [4.78, 5) is 22.8. The van der Waals surface area contributed by atoms with Crippen molar-refractivity contribution in [2.75, 3.05) is 22.5 Å². The Kier molecular flexibility index (Phi) is 6.17. The second-order valence-corrected chi connectivity index (χ2v) is 5.91. The first kappa shape index (κ1) is 17.0. The number of carbonyl (C=O) groups is 2. The lowest BCUT2D eigenvalue weighted by atomic mass is 10.2. The van der Waals surface area contributed by atoms with Gasteiger partial charge in [-0.3, -0.25) is 9.59 Å². The quantitative estimate of drug-likeness (QED) is 0.717. The van der Waals surface area contributed by atoms with Gasteiger partial charge in [-0.25, -0.2) is 0 Å². The van der Waals surface area contributed by atoms with Crippen LogP contribution in [0.5, 0.6) is 0 Å². The van der Waals surface area contributed by atoms with Crippen LogP contribution < -0.4 is 16.0 Å². The van der Waals surface area contributed by atoms with Gasteiger partial charge >= 0.3 is 0 Å². The minimum Gasteiger partial charge on any atom is -0.384 e. The van der Waals surface area contributed by atoms with Crippen molar-refractivity contribution in [1.29, 1.82) is 0 Å². The van der Waals surface area contributed by atoms with Gasteiger partial charge in [-0.1, -0.05) is 22.0 Å². The lowest BCUT2D eigenvalue weighted by Gasteiger charge is -2.08. The molecule has 0 fully saturated rings. The highest BCUT2D eigenvalue weighted by atomic mass is 79.9. The van der Waals surface area contributed by atoms with Crippen molar-refractivity contribution in [2.24, 2.45) is 0 Å². The molecule has 3 N–H and O–H groups in total. The van der Waals surface area contributed by atoms with Crippen LogP contribution in [0.25, 0.3) is 0 Å². The van der Waals surface area contributed by atoms with Crippen LogP contribution in [-0.2, 0) is 9.59 Å². The number of hydrogen-bond acceptors (Lipinski definition) is 3. The summed E-state index contributed by atoms with van der Waals surface area (Å²) in [6.45, 7) is 2.00. The molecule has 0 bridgehead atoms. The molecule has 0 aliphatic carbocycles. The van der Waals surface area contributed by atoms with Crippen molar-refractivity contribution in [3.05, 3.63) is 53.0 Å². The smallest absolute Gasteiger partial charge is 0.226 e. The van der Waals surface area contributed by atoms with Gasteiger partial charge < -0.3 is 16.0 Å². The minimum atomic E-state index is -0.125. The standard InChI is InChI=1S/C17H18BrN3O2/c1-12(22)20-14-5-7-15(8-6-14)21-17(23)9-10-19-16-4-2-3-13(18)11-16/h2-8,11,19H,9-10H2,1H3,(H,20,22)(H,21,23). The van der Waals surface area contributed by atoms with Gasteiger partial charge in [0.05, 0.1) is 0 Å². The number of amides is 2. The third kappa shape index (κ3) is 6.12. The van der Waals surface area contributed by atoms with Gasteiger partial charge in [0.1, 0.15) is 0 Å². The molecule has 0 saturated heterocycles. The highest BCUT2D eigenvalue weighted by molar-refractivity contribution is 9.10. The van der Waals surface area contributed by atoms with E-state index in [0.29, 0.717) is 24.3 Å². The fraction of sp³-hybridized carbons (Fsp3) is 0.176. The molecule has 2 rings (SSSR count). The number of nitrogens with one attached hydrogen (secondary N) is 3. The van der Waals surface area contributed by atoms with Crippen LogP contribution in [0, 0.1) is 0 Å². The summed E-state index contributed by atoms with van der Waals surface area (Å²) in [7, 11) is 0. The van der Waals surface area contributed by atoms with E-state index < -0.39 is 0 Å². The number of halogens is 1. The van der Waals surface area contributed by atoms with Crippen molar-refractivity contribution >= 4 is 44.8 Å². The highest BCUT2D eigenvalue weighted by Gasteiger charge is 2.03. The van der Waals surface area contributed by atoms with Crippen LogP contribution in [-0.4, -0.2) is 18.4 Å². The van der Waals surface area contributed by atoms with Crippen molar-refractivity contribution in [3.63, 3.8) is 0 Å². The Bertz CT molecular complexity index is 686. The number of carbonyl (C=O) groups excluding carboxylic acids is 2. The third-order valence-electron chi connectivity index (χ3n) is 2.99. The predicted molar refractivity (Wildman–Crippen MR) is 96.6 cm³/mol. The van der Waals surface area contributed by atoms with Crippen LogP contribution in [0.15, 0.2) is 53.0 Å². The average Bonchev–Trinajstić information content (AvgIpc) is 2.49. The Morgan fingerprint density at radius 1 is 0.957 bits per heavy atom. The average molecular weight is 376 g/mol. The minimum absolute atomic E-state index is 0.0697. The van der Waals surface area contributed by atoms with E-state index in [1.165, 1.54) is 6.92 Å². The first-order valence-electron chi connectivity index (χ1n) is 7.20. The van der Waals surface area contributed by atoms with Gasteiger partial charge in [0.15, 0.2) is 0 Å². The maximum absolute atomic E-state index is 11.9. The van der Waals surface area contributed by atoms with Gasteiger partial charge in [-0.15, -0.1) is 0 Å². The summed E-state index contributed by atoms with van der Waals surface area (Å²) in [5, 5.41) is 8.69. The monoisotopic (exact) mass is 375 g/mol. The molecule has 0 radical (unpaired) electrons. The van der Waals surface area contributed by atoms with Crippen LogP contribution in [0.3, 0.4) is 0 Å². The zero-order valence-electron chi connectivity index (χ0n) is 12.7. The molecule has 2 amide bonds. The molecule has 0 aromatic heterocycles. The first-order valence-corrected chi connectivity index (χ1v) is 7.99. The van der Waals surface area contributed by atoms with Gasteiger partial charge in [0.2, 0.25) is 11.8 Å². The molecular formula is C17H18BrN3O2. The van der Waals surface area contributed by atoms with E-state index >= 15 is 0 Å². The molecule has 5 nitrogen and oxygen atoms in total. The third-order valence-corrected chi connectivity index (χ3v) is 3.49. The SMILES string of the molecule is CC(=O)Nc1ccc(NC(=O)CCNc2cccc(Br)c2)cc1. The second kappa shape index (κ2) is 8.33. The first-order chi connectivity index (χ1) is 11.0. The molecule has 0 aliphatic rings. The molecule has 2 aromatic carbocycles. The molecule has 120 valence electrons. The molecule has 0 unspecified atom stereocenters. The van der Waals surface area contributed by atoms with Gasteiger partial charge in [-0.05, 0) is 42.5 Å². The number of benzene rings is 2. The maximum Gasteiger partial charge on any atom is 0.226 e. The molecule has 6 heteroatoms. The van der Waals surface area contributed by atoms with Crippen molar-refractivity contribution < 1.29 is 9.59 Å². The second-order valence-electron chi connectivity index (χ2n) is 4.99. The predicted octanol–water partition coefficient (Wildman–Crippen LogP) is 3.85. The summed E-state index contributed by atoms with van der Waals surface area (Å²) in [5.41, 5.74) is 2.37. The van der Waals surface area contributed by atoms with Gasteiger partial charge in [0.25, 0.3) is 0 Å². The zero-order valence-corrected chi connectivity index (χ0v) is 14.3. The Hall–Kier alpha value is -2.34. The topological polar surface area (TPSA) is 70.2 Å². The van der Waals surface area contributed by atoms with Crippen LogP contribution >= 0.6 is 15.9 Å². The van der Waals surface area contributed by atoms with Crippen LogP contribution in [0.1, 0.15) is 13.3 Å². The van der Waals surface area contributed by atoms with Gasteiger partial charge in [0, 0.05) is 41.4 Å². The van der Waals surface area contributed by atoms with E-state index in [0.717, 1.165) is 10.2 Å². The van der Waals surface area contributed by atoms with E-state index in [-0.39, 0.29) is 11.8 Å². The normalized spacial score (nSPS) is 10.0. The van der Waals surface area contributed by atoms with Crippen molar-refractivity contribution in [2.45, 2.75) is 13.3 Å². The molecule has 0 saturated carbocycles. The molecule has 23 heavy (non-hydrogen) atoms. The Morgan fingerprint density at radius 3 is 2.22 bits per heavy atom. The zero-order chi connectivity index (χ0) is 16.7. The van der Waals surface area contributed by atoms with Crippen molar-refractivity contribution in [1.82, 2.24) is 0 Å². The summed E-state index contributed by atoms with van der Waals surface area (Å²) in [6, 6.07) is 14.8. The molecule has 0 heterocycles. The summed E-state index contributed by atoms with van der Waals surface area (Å²) >= 11 is 3.40. The maximum atomic E-state index is 11.9. The summed E-state index contributed by atoms with van der Waals surface area (Å²) < 4.78 is 0.992. The van der Waals surface area contributed by atoms with E-state index in [4.69, 9.17) is 0 Å². The Labute approximate surface area is 143 Å². The number of anilines is 3. The Morgan fingerprint density at radius 2 is 1.61 bits per heavy atom. The summed E-state index contributed by atoms with van der Waals surface area (Å²) in [6.07, 6.45) is 0.361. The number of rotatable bonds is 6.